The third-order valence-electron chi connectivity index (χ3n) is 5.61. The van der Waals surface area contributed by atoms with Gasteiger partial charge in [0.05, 0.1) is 12.6 Å². The van der Waals surface area contributed by atoms with Gasteiger partial charge >= 0.3 is 0 Å². The van der Waals surface area contributed by atoms with Crippen LogP contribution < -0.4 is 15.4 Å². The lowest BCUT2D eigenvalue weighted by Crippen LogP contribution is -2.68. The smallest absolute Gasteiger partial charge is 0.191 e. The van der Waals surface area contributed by atoms with E-state index in [9.17, 15) is 0 Å². The Morgan fingerprint density at radius 3 is 2.73 bits per heavy atom. The average molecular weight is 473 g/mol. The van der Waals surface area contributed by atoms with E-state index >= 15 is 0 Å². The lowest BCUT2D eigenvalue weighted by molar-refractivity contribution is -0.106. The molecule has 1 aliphatic heterocycles. The zero-order chi connectivity index (χ0) is 17.9. The van der Waals surface area contributed by atoms with Crippen LogP contribution in [0.2, 0.25) is 0 Å². The molecule has 1 aromatic rings. The molecule has 1 saturated carbocycles. The lowest BCUT2D eigenvalue weighted by atomic mass is 9.57. The van der Waals surface area contributed by atoms with Gasteiger partial charge in [-0.1, -0.05) is 39.0 Å². The van der Waals surface area contributed by atoms with E-state index in [1.54, 1.807) is 0 Å². The summed E-state index contributed by atoms with van der Waals surface area (Å²) in [6.07, 6.45) is 2.56. The Morgan fingerprint density at radius 2 is 2.08 bits per heavy atom. The van der Waals surface area contributed by atoms with Crippen molar-refractivity contribution in [3.8, 4) is 5.75 Å². The molecule has 2 aliphatic rings. The van der Waals surface area contributed by atoms with Crippen LogP contribution in [0.25, 0.3) is 0 Å². The summed E-state index contributed by atoms with van der Waals surface area (Å²) in [5, 5.41) is 7.04. The predicted molar refractivity (Wildman–Crippen MR) is 116 cm³/mol. The van der Waals surface area contributed by atoms with Gasteiger partial charge in [0.25, 0.3) is 0 Å². The van der Waals surface area contributed by atoms with Gasteiger partial charge in [0.2, 0.25) is 0 Å². The second-order valence-electron chi connectivity index (χ2n) is 7.60. The fraction of sp³-hybridized carbons (Fsp3) is 0.650. The number of benzene rings is 1. The van der Waals surface area contributed by atoms with E-state index in [1.165, 1.54) is 0 Å². The number of nitrogens with one attached hydrogen (secondary N) is 2. The first-order valence-electron chi connectivity index (χ1n) is 9.36. The molecular formula is C20H32IN3O2. The van der Waals surface area contributed by atoms with E-state index in [1.807, 2.05) is 37.4 Å². The number of hydrogen-bond acceptors (Lipinski definition) is 3. The molecule has 6 heteroatoms. The van der Waals surface area contributed by atoms with E-state index < -0.39 is 0 Å². The second kappa shape index (κ2) is 9.26. The first-order valence-corrected chi connectivity index (χ1v) is 9.36. The van der Waals surface area contributed by atoms with Crippen molar-refractivity contribution in [3.63, 3.8) is 0 Å². The van der Waals surface area contributed by atoms with E-state index in [4.69, 9.17) is 9.47 Å². The van der Waals surface area contributed by atoms with Crippen molar-refractivity contribution in [2.24, 2.45) is 16.3 Å². The van der Waals surface area contributed by atoms with Crippen molar-refractivity contribution in [3.05, 3.63) is 30.3 Å². The van der Waals surface area contributed by atoms with E-state index in [0.29, 0.717) is 18.1 Å². The Bertz CT molecular complexity index is 594. The largest absolute Gasteiger partial charge is 0.489 e. The number of para-hydroxylation sites is 1. The number of nitrogens with zero attached hydrogens (tertiary/aromatic N) is 1. The molecule has 0 aromatic heterocycles. The highest BCUT2D eigenvalue weighted by Crippen LogP contribution is 2.52. The van der Waals surface area contributed by atoms with Crippen LogP contribution in [-0.4, -0.2) is 44.4 Å². The van der Waals surface area contributed by atoms with Crippen LogP contribution in [0, 0.1) is 11.3 Å². The number of ether oxygens (including phenoxy) is 2. The SMILES string of the molecule is CCC(CNC(=NC)NC1C2CCOC2C1(C)C)Oc1ccccc1.I. The number of fused-ring (bicyclic) bond motifs is 1. The molecule has 1 heterocycles. The Balaban J connectivity index is 0.00000243. The topological polar surface area (TPSA) is 54.9 Å². The van der Waals surface area contributed by atoms with Crippen molar-refractivity contribution in [1.29, 1.82) is 0 Å². The summed E-state index contributed by atoms with van der Waals surface area (Å²) >= 11 is 0. The molecule has 0 radical (unpaired) electrons. The van der Waals surface area contributed by atoms with Crippen LogP contribution >= 0.6 is 24.0 Å². The number of halogens is 1. The molecule has 3 rings (SSSR count). The minimum Gasteiger partial charge on any atom is -0.489 e. The first-order chi connectivity index (χ1) is 12.1. The highest BCUT2D eigenvalue weighted by atomic mass is 127. The minimum absolute atomic E-state index is 0. The number of guanidine groups is 1. The van der Waals surface area contributed by atoms with Crippen LogP contribution in [0.3, 0.4) is 0 Å². The Hall–Kier alpha value is -1.02. The summed E-state index contributed by atoms with van der Waals surface area (Å²) in [4.78, 5) is 4.40. The third kappa shape index (κ3) is 4.44. The van der Waals surface area contributed by atoms with Gasteiger partial charge in [0, 0.05) is 31.0 Å². The van der Waals surface area contributed by atoms with Gasteiger partial charge in [-0.2, -0.15) is 0 Å². The maximum absolute atomic E-state index is 6.05. The molecule has 1 aliphatic carbocycles. The van der Waals surface area contributed by atoms with Crippen molar-refractivity contribution >= 4 is 29.9 Å². The van der Waals surface area contributed by atoms with Gasteiger partial charge in [0.1, 0.15) is 11.9 Å². The zero-order valence-electron chi connectivity index (χ0n) is 16.2. The Kier molecular flexibility index (Phi) is 7.58. The van der Waals surface area contributed by atoms with Gasteiger partial charge in [-0.05, 0) is 25.0 Å². The molecule has 0 amide bonds. The predicted octanol–water partition coefficient (Wildman–Crippen LogP) is 3.44. The van der Waals surface area contributed by atoms with Crippen LogP contribution in [0.5, 0.6) is 5.75 Å². The second-order valence-corrected chi connectivity index (χ2v) is 7.60. The van der Waals surface area contributed by atoms with Crippen LogP contribution in [0.1, 0.15) is 33.6 Å². The summed E-state index contributed by atoms with van der Waals surface area (Å²) in [5.74, 6) is 2.35. The summed E-state index contributed by atoms with van der Waals surface area (Å²) in [5.41, 5.74) is 0.142. The van der Waals surface area contributed by atoms with Gasteiger partial charge < -0.3 is 20.1 Å². The van der Waals surface area contributed by atoms with Gasteiger partial charge in [0.15, 0.2) is 5.96 Å². The summed E-state index contributed by atoms with van der Waals surface area (Å²) in [6.45, 7) is 8.30. The maximum atomic E-state index is 6.05. The molecule has 4 unspecified atom stereocenters. The van der Waals surface area contributed by atoms with Gasteiger partial charge in [-0.15, -0.1) is 24.0 Å². The monoisotopic (exact) mass is 473 g/mol. The van der Waals surface area contributed by atoms with Crippen LogP contribution in [0.4, 0.5) is 0 Å². The maximum Gasteiger partial charge on any atom is 0.191 e. The van der Waals surface area contributed by atoms with Crippen molar-refractivity contribution in [2.45, 2.75) is 51.9 Å². The molecule has 1 aromatic carbocycles. The molecule has 2 N–H and O–H groups in total. The van der Waals surface area contributed by atoms with Gasteiger partial charge in [-0.25, -0.2) is 0 Å². The van der Waals surface area contributed by atoms with Crippen LogP contribution in [-0.2, 0) is 4.74 Å². The fourth-order valence-corrected chi connectivity index (χ4v) is 4.13. The standard InChI is InChI=1S/C20H31N3O2.HI/c1-5-14(25-15-9-7-6-8-10-15)13-22-19(21-4)23-17-16-11-12-24-18(16)20(17,2)3;/h6-10,14,16-18H,5,11-13H2,1-4H3,(H2,21,22,23);1H. The zero-order valence-corrected chi connectivity index (χ0v) is 18.5. The number of aliphatic imine (C=N–C) groups is 1. The minimum atomic E-state index is 0. The molecule has 0 spiro atoms. The quantitative estimate of drug-likeness (QED) is 0.378. The third-order valence-corrected chi connectivity index (χ3v) is 5.61. The Labute approximate surface area is 174 Å². The lowest BCUT2D eigenvalue weighted by Gasteiger charge is -2.54. The summed E-state index contributed by atoms with van der Waals surface area (Å²) in [7, 11) is 1.82. The molecule has 5 nitrogen and oxygen atoms in total. The molecule has 26 heavy (non-hydrogen) atoms. The fourth-order valence-electron chi connectivity index (χ4n) is 4.13. The van der Waals surface area contributed by atoms with E-state index in [0.717, 1.165) is 37.7 Å². The summed E-state index contributed by atoms with van der Waals surface area (Å²) < 4.78 is 11.9. The molecule has 146 valence electrons. The highest BCUT2D eigenvalue weighted by molar-refractivity contribution is 14.0. The normalized spacial score (nSPS) is 27.5. The number of hydrogen-bond donors (Lipinski definition) is 2. The van der Waals surface area contributed by atoms with Crippen molar-refractivity contribution in [2.75, 3.05) is 20.2 Å². The molecular weight excluding hydrogens is 441 g/mol. The first kappa shape index (κ1) is 21.3. The van der Waals surface area contributed by atoms with Gasteiger partial charge in [-0.3, -0.25) is 4.99 Å². The van der Waals surface area contributed by atoms with Crippen molar-refractivity contribution in [1.82, 2.24) is 10.6 Å². The molecule has 4 atom stereocenters. The van der Waals surface area contributed by atoms with Crippen molar-refractivity contribution < 1.29 is 9.47 Å². The molecule has 1 saturated heterocycles. The van der Waals surface area contributed by atoms with E-state index in [2.05, 4.69) is 36.4 Å². The highest BCUT2D eigenvalue weighted by Gasteiger charge is 2.59. The summed E-state index contributed by atoms with van der Waals surface area (Å²) in [6, 6.07) is 10.4. The average Bonchev–Trinajstić information content (AvgIpc) is 3.08. The molecule has 2 fully saturated rings. The number of rotatable bonds is 6. The van der Waals surface area contributed by atoms with Crippen LogP contribution in [0.15, 0.2) is 35.3 Å². The van der Waals surface area contributed by atoms with E-state index in [-0.39, 0.29) is 35.5 Å². The molecule has 0 bridgehead atoms. The Morgan fingerprint density at radius 1 is 1.35 bits per heavy atom.